The van der Waals surface area contributed by atoms with Gasteiger partial charge in [-0.25, -0.2) is 15.1 Å². The Morgan fingerprint density at radius 3 is 2.76 bits per heavy atom. The van der Waals surface area contributed by atoms with Crippen molar-refractivity contribution >= 4 is 12.0 Å². The molecule has 7 nitrogen and oxygen atoms in total. The number of carbonyl (C=O) groups is 2. The summed E-state index contributed by atoms with van der Waals surface area (Å²) >= 11 is 0. The molecule has 7 heteroatoms. The van der Waals surface area contributed by atoms with Crippen LogP contribution >= 0.6 is 0 Å². The highest BCUT2D eigenvalue weighted by Crippen LogP contribution is 2.38. The lowest BCUT2D eigenvalue weighted by Gasteiger charge is -2.19. The van der Waals surface area contributed by atoms with Gasteiger partial charge in [-0.15, -0.1) is 0 Å². The number of hydroxylamine groups is 1. The number of carboxylic acids is 1. The van der Waals surface area contributed by atoms with E-state index >= 15 is 0 Å². The lowest BCUT2D eigenvalue weighted by atomic mass is 10.1. The van der Waals surface area contributed by atoms with E-state index < -0.39 is 18.6 Å². The molecule has 96 valence electrons. The van der Waals surface area contributed by atoms with Gasteiger partial charge in [-0.1, -0.05) is 0 Å². The van der Waals surface area contributed by atoms with Crippen molar-refractivity contribution in [1.29, 1.82) is 0 Å². The van der Waals surface area contributed by atoms with Gasteiger partial charge in [0.15, 0.2) is 6.61 Å². The van der Waals surface area contributed by atoms with Crippen molar-refractivity contribution in [1.82, 2.24) is 10.8 Å². The van der Waals surface area contributed by atoms with Crippen molar-refractivity contribution in [2.75, 3.05) is 13.2 Å². The van der Waals surface area contributed by atoms with E-state index in [0.717, 1.165) is 19.3 Å². The first-order valence-corrected chi connectivity index (χ1v) is 5.68. The summed E-state index contributed by atoms with van der Waals surface area (Å²) in [6, 6.07) is -0.525. The average molecular weight is 244 g/mol. The monoisotopic (exact) mass is 244 g/mol. The predicted molar refractivity (Wildman–Crippen MR) is 56.1 cm³/mol. The summed E-state index contributed by atoms with van der Waals surface area (Å²) in [7, 11) is 0. The molecule has 0 radical (unpaired) electrons. The molecule has 2 fully saturated rings. The van der Waals surface area contributed by atoms with Crippen molar-refractivity contribution in [3.05, 3.63) is 0 Å². The number of hydrogen-bond acceptors (Lipinski definition) is 4. The number of aliphatic carboxylic acids is 1. The quantitative estimate of drug-likeness (QED) is 0.585. The number of nitrogens with one attached hydrogen (secondary N) is 2. The van der Waals surface area contributed by atoms with Crippen LogP contribution in [-0.4, -0.2) is 42.5 Å². The largest absolute Gasteiger partial charge is 0.479 e. The molecule has 2 aliphatic rings. The maximum atomic E-state index is 11.4. The number of amides is 2. The summed E-state index contributed by atoms with van der Waals surface area (Å²) in [6.45, 7) is 0.0999. The van der Waals surface area contributed by atoms with E-state index in [9.17, 15) is 9.59 Å². The Bertz CT molecular complexity index is 305. The molecular weight excluding hydrogens is 228 g/mol. The van der Waals surface area contributed by atoms with Crippen LogP contribution in [0.15, 0.2) is 0 Å². The van der Waals surface area contributed by atoms with Crippen molar-refractivity contribution in [2.24, 2.45) is 5.92 Å². The van der Waals surface area contributed by atoms with E-state index in [0.29, 0.717) is 12.5 Å². The molecule has 2 amide bonds. The Morgan fingerprint density at radius 2 is 2.12 bits per heavy atom. The fraction of sp³-hybridized carbons (Fsp3) is 0.800. The Hall–Kier alpha value is -1.34. The van der Waals surface area contributed by atoms with Gasteiger partial charge in [0.25, 0.3) is 0 Å². The van der Waals surface area contributed by atoms with Gasteiger partial charge in [0, 0.05) is 6.61 Å². The van der Waals surface area contributed by atoms with Gasteiger partial charge in [0.1, 0.15) is 0 Å². The van der Waals surface area contributed by atoms with Gasteiger partial charge < -0.3 is 15.2 Å². The van der Waals surface area contributed by atoms with Crippen molar-refractivity contribution in [3.8, 4) is 0 Å². The third-order valence-corrected chi connectivity index (χ3v) is 2.90. The summed E-state index contributed by atoms with van der Waals surface area (Å²) in [5.41, 5.74) is 2.03. The highest BCUT2D eigenvalue weighted by molar-refractivity contribution is 5.73. The van der Waals surface area contributed by atoms with E-state index in [4.69, 9.17) is 9.84 Å². The van der Waals surface area contributed by atoms with Crippen molar-refractivity contribution < 1.29 is 24.3 Å². The van der Waals surface area contributed by atoms with Gasteiger partial charge in [0.2, 0.25) is 0 Å². The number of hydrogen-bond donors (Lipinski definition) is 3. The first-order chi connectivity index (χ1) is 8.16. The molecule has 1 heterocycles. The maximum absolute atomic E-state index is 11.4. The van der Waals surface area contributed by atoms with E-state index in [1.807, 2.05) is 5.48 Å². The topological polar surface area (TPSA) is 96.9 Å². The fourth-order valence-electron chi connectivity index (χ4n) is 2.02. The van der Waals surface area contributed by atoms with Crippen LogP contribution in [0.1, 0.15) is 19.3 Å². The van der Waals surface area contributed by atoms with Gasteiger partial charge >= 0.3 is 12.0 Å². The molecule has 1 aliphatic heterocycles. The summed E-state index contributed by atoms with van der Waals surface area (Å²) < 4.78 is 5.56. The lowest BCUT2D eigenvalue weighted by molar-refractivity contribution is -0.144. The molecular formula is C10H16N2O5. The van der Waals surface area contributed by atoms with Crippen LogP contribution in [0.3, 0.4) is 0 Å². The standard InChI is InChI=1S/C10H16N2O5/c13-8(14)5-17-12-10(15)11-7-3-4-16-9(7)6-1-2-6/h6-7,9H,1-5H2,(H,13,14)(H2,11,12,15). The molecule has 1 aliphatic carbocycles. The first kappa shape index (κ1) is 12.1. The predicted octanol–water partition coefficient (Wildman–Crippen LogP) is -0.131. The van der Waals surface area contributed by atoms with Crippen LogP contribution in [0.5, 0.6) is 0 Å². The summed E-state index contributed by atoms with van der Waals surface area (Å²) in [4.78, 5) is 26.0. The van der Waals surface area contributed by atoms with Crippen LogP contribution in [-0.2, 0) is 14.4 Å². The van der Waals surface area contributed by atoms with Crippen molar-refractivity contribution in [2.45, 2.75) is 31.4 Å². The van der Waals surface area contributed by atoms with Gasteiger partial charge in [0.05, 0.1) is 12.1 Å². The second kappa shape index (κ2) is 5.33. The molecule has 2 atom stereocenters. The third kappa shape index (κ3) is 3.57. The zero-order chi connectivity index (χ0) is 12.3. The molecule has 1 saturated carbocycles. The molecule has 17 heavy (non-hydrogen) atoms. The SMILES string of the molecule is O=C(O)CONC(=O)NC1CCOC1C1CC1. The molecule has 0 aromatic heterocycles. The second-order valence-corrected chi connectivity index (χ2v) is 4.33. The van der Waals surface area contributed by atoms with Gasteiger partial charge in [-0.05, 0) is 25.2 Å². The van der Waals surface area contributed by atoms with Crippen molar-refractivity contribution in [3.63, 3.8) is 0 Å². The minimum absolute atomic E-state index is 0.00377. The number of rotatable bonds is 5. The Morgan fingerprint density at radius 1 is 1.35 bits per heavy atom. The number of carbonyl (C=O) groups excluding carboxylic acids is 1. The normalized spacial score (nSPS) is 27.8. The van der Waals surface area contributed by atoms with E-state index in [2.05, 4.69) is 10.2 Å². The first-order valence-electron chi connectivity index (χ1n) is 5.68. The van der Waals surface area contributed by atoms with E-state index in [1.54, 1.807) is 0 Å². The Kier molecular flexibility index (Phi) is 3.80. The molecule has 0 aromatic rings. The van der Waals surface area contributed by atoms with Gasteiger partial charge in [-0.2, -0.15) is 0 Å². The number of carboxylic acid groups (broad SMARTS) is 1. The molecule has 2 unspecified atom stereocenters. The highest BCUT2D eigenvalue weighted by atomic mass is 16.7. The Labute approximate surface area is 98.4 Å². The van der Waals surface area contributed by atoms with E-state index in [-0.39, 0.29) is 12.1 Å². The molecule has 2 rings (SSSR count). The minimum atomic E-state index is -1.13. The van der Waals surface area contributed by atoms with Crippen LogP contribution in [0.2, 0.25) is 0 Å². The molecule has 0 spiro atoms. The summed E-state index contributed by atoms with van der Waals surface area (Å²) in [5.74, 6) is -0.576. The number of urea groups is 1. The molecule has 1 saturated heterocycles. The highest BCUT2D eigenvalue weighted by Gasteiger charge is 2.41. The van der Waals surface area contributed by atoms with Crippen LogP contribution in [0, 0.1) is 5.92 Å². The second-order valence-electron chi connectivity index (χ2n) is 4.33. The fourth-order valence-corrected chi connectivity index (χ4v) is 2.02. The maximum Gasteiger partial charge on any atom is 0.339 e. The zero-order valence-electron chi connectivity index (χ0n) is 9.35. The number of ether oxygens (including phenoxy) is 1. The average Bonchev–Trinajstić information content (AvgIpc) is 3.00. The lowest BCUT2D eigenvalue weighted by Crippen LogP contribution is -2.46. The molecule has 0 aromatic carbocycles. The Balaban J connectivity index is 1.68. The van der Waals surface area contributed by atoms with E-state index in [1.165, 1.54) is 0 Å². The van der Waals surface area contributed by atoms with Crippen LogP contribution in [0.4, 0.5) is 4.79 Å². The summed E-state index contributed by atoms with van der Waals surface area (Å²) in [5, 5.41) is 11.0. The third-order valence-electron chi connectivity index (χ3n) is 2.90. The molecule has 0 bridgehead atoms. The van der Waals surface area contributed by atoms with Gasteiger partial charge in [-0.3, -0.25) is 4.84 Å². The smallest absolute Gasteiger partial charge is 0.339 e. The molecule has 3 N–H and O–H groups in total. The van der Waals surface area contributed by atoms with Crippen LogP contribution in [0.25, 0.3) is 0 Å². The minimum Gasteiger partial charge on any atom is -0.479 e. The van der Waals surface area contributed by atoms with Crippen LogP contribution < -0.4 is 10.8 Å². The summed E-state index contributed by atoms with van der Waals surface area (Å²) in [6.07, 6.45) is 3.19. The zero-order valence-corrected chi connectivity index (χ0v) is 9.35.